The number of hydrogen-bond donors (Lipinski definition) is 2. The van der Waals surface area contributed by atoms with Crippen LogP contribution in [-0.4, -0.2) is 35.8 Å². The first kappa shape index (κ1) is 22.8. The van der Waals surface area contributed by atoms with Gasteiger partial charge in [-0.3, -0.25) is 14.5 Å². The lowest BCUT2D eigenvalue weighted by atomic mass is 9.87. The Morgan fingerprint density at radius 2 is 1.74 bits per heavy atom. The fourth-order valence-electron chi connectivity index (χ4n) is 3.76. The zero-order chi connectivity index (χ0) is 22.6. The first-order valence-electron chi connectivity index (χ1n) is 10.5. The molecule has 0 aromatic heterocycles. The number of amides is 4. The van der Waals surface area contributed by atoms with E-state index in [4.69, 9.17) is 11.6 Å². The Kier molecular flexibility index (Phi) is 7.01. The average Bonchev–Trinajstić information content (AvgIpc) is 2.99. The molecule has 1 atom stereocenters. The van der Waals surface area contributed by atoms with Gasteiger partial charge in [0.1, 0.15) is 12.1 Å². The molecule has 0 radical (unpaired) electrons. The average molecular weight is 442 g/mol. The maximum atomic E-state index is 13.1. The molecule has 0 aliphatic carbocycles. The number of benzene rings is 2. The summed E-state index contributed by atoms with van der Waals surface area (Å²) in [5, 5.41) is 6.11. The number of imide groups is 1. The molecule has 1 heterocycles. The van der Waals surface area contributed by atoms with Crippen molar-refractivity contribution in [3.63, 3.8) is 0 Å². The van der Waals surface area contributed by atoms with Crippen LogP contribution in [0.1, 0.15) is 49.8 Å². The van der Waals surface area contributed by atoms with E-state index in [1.54, 1.807) is 24.3 Å². The van der Waals surface area contributed by atoms with Gasteiger partial charge in [0.2, 0.25) is 5.91 Å². The van der Waals surface area contributed by atoms with Gasteiger partial charge in [0.25, 0.3) is 5.91 Å². The van der Waals surface area contributed by atoms with Crippen LogP contribution >= 0.6 is 11.6 Å². The summed E-state index contributed by atoms with van der Waals surface area (Å²) in [5.74, 6) is -0.326. The Balaban J connectivity index is 1.59. The van der Waals surface area contributed by atoms with Gasteiger partial charge in [-0.1, -0.05) is 68.8 Å². The molecule has 4 amide bonds. The van der Waals surface area contributed by atoms with Crippen LogP contribution in [0.25, 0.3) is 0 Å². The van der Waals surface area contributed by atoms with Crippen LogP contribution in [0.5, 0.6) is 0 Å². The number of carbonyl (C=O) groups is 3. The maximum absolute atomic E-state index is 13.1. The summed E-state index contributed by atoms with van der Waals surface area (Å²) in [7, 11) is 0. The van der Waals surface area contributed by atoms with E-state index in [1.165, 1.54) is 5.56 Å². The fourth-order valence-corrected chi connectivity index (χ4v) is 3.88. The zero-order valence-electron chi connectivity index (χ0n) is 18.1. The Labute approximate surface area is 188 Å². The van der Waals surface area contributed by atoms with Crippen molar-refractivity contribution in [1.29, 1.82) is 0 Å². The normalized spacial score (nSPS) is 18.4. The van der Waals surface area contributed by atoms with Gasteiger partial charge in [-0.15, -0.1) is 0 Å². The van der Waals surface area contributed by atoms with Crippen LogP contribution < -0.4 is 10.6 Å². The molecule has 2 aromatic carbocycles. The lowest BCUT2D eigenvalue weighted by Gasteiger charge is -2.25. The second-order valence-corrected chi connectivity index (χ2v) is 8.52. The third-order valence-corrected chi connectivity index (χ3v) is 5.98. The van der Waals surface area contributed by atoms with Crippen molar-refractivity contribution in [2.24, 2.45) is 0 Å². The lowest BCUT2D eigenvalue weighted by Crippen LogP contribution is -2.45. The van der Waals surface area contributed by atoms with Crippen LogP contribution in [0, 0.1) is 0 Å². The van der Waals surface area contributed by atoms with Gasteiger partial charge in [-0.2, -0.15) is 0 Å². The summed E-state index contributed by atoms with van der Waals surface area (Å²) < 4.78 is 0. The Bertz CT molecular complexity index is 957. The van der Waals surface area contributed by atoms with Gasteiger partial charge >= 0.3 is 6.03 Å². The number of rotatable bonds is 8. The van der Waals surface area contributed by atoms with Gasteiger partial charge in [-0.05, 0) is 47.6 Å². The molecular weight excluding hydrogens is 414 g/mol. The molecule has 1 aliphatic heterocycles. The summed E-state index contributed by atoms with van der Waals surface area (Å²) in [6.45, 7) is 6.23. The first-order valence-corrected chi connectivity index (χ1v) is 10.9. The molecule has 3 rings (SSSR count). The highest BCUT2D eigenvalue weighted by atomic mass is 35.5. The topological polar surface area (TPSA) is 78.5 Å². The van der Waals surface area contributed by atoms with Crippen LogP contribution in [0.4, 0.5) is 4.79 Å². The maximum Gasteiger partial charge on any atom is 0.325 e. The van der Waals surface area contributed by atoms with E-state index in [9.17, 15) is 14.4 Å². The van der Waals surface area contributed by atoms with Gasteiger partial charge in [0.15, 0.2) is 0 Å². The molecule has 2 N–H and O–H groups in total. The lowest BCUT2D eigenvalue weighted by molar-refractivity contribution is -0.135. The molecule has 2 aromatic rings. The number of urea groups is 1. The number of nitrogens with one attached hydrogen (secondary N) is 2. The van der Waals surface area contributed by atoms with Crippen molar-refractivity contribution in [3.05, 3.63) is 70.2 Å². The van der Waals surface area contributed by atoms with Crippen LogP contribution in [-0.2, 0) is 21.5 Å². The van der Waals surface area contributed by atoms with E-state index in [0.717, 1.165) is 10.5 Å². The fraction of sp³-hybridized carbons (Fsp3) is 0.375. The third kappa shape index (κ3) is 4.90. The zero-order valence-corrected chi connectivity index (χ0v) is 18.8. The van der Waals surface area contributed by atoms with Crippen LogP contribution in [0.15, 0.2) is 48.5 Å². The molecule has 1 aliphatic rings. The Morgan fingerprint density at radius 3 is 2.32 bits per heavy atom. The molecule has 0 bridgehead atoms. The first-order chi connectivity index (χ1) is 14.8. The smallest absolute Gasteiger partial charge is 0.325 e. The van der Waals surface area contributed by atoms with E-state index >= 15 is 0 Å². The monoisotopic (exact) mass is 441 g/mol. The molecule has 0 spiro atoms. The molecule has 0 saturated carbocycles. The van der Waals surface area contributed by atoms with Gasteiger partial charge in [0.05, 0.1) is 0 Å². The Morgan fingerprint density at radius 1 is 1.10 bits per heavy atom. The summed E-state index contributed by atoms with van der Waals surface area (Å²) in [6.07, 6.45) is 1.04. The van der Waals surface area contributed by atoms with Gasteiger partial charge in [-0.25, -0.2) is 4.79 Å². The van der Waals surface area contributed by atoms with Gasteiger partial charge in [0, 0.05) is 11.6 Å². The third-order valence-electron chi connectivity index (χ3n) is 5.73. The van der Waals surface area contributed by atoms with E-state index in [-0.39, 0.29) is 12.5 Å². The quantitative estimate of drug-likeness (QED) is 0.608. The van der Waals surface area contributed by atoms with Crippen molar-refractivity contribution in [2.45, 2.75) is 45.1 Å². The SMILES string of the molecule is CCC1(c2ccc(Cl)cc2)NC(=O)N(CC(=O)NCCc2ccc(C(C)C)cc2)C1=O. The second-order valence-electron chi connectivity index (χ2n) is 8.08. The molecule has 1 unspecified atom stereocenters. The summed E-state index contributed by atoms with van der Waals surface area (Å²) in [6, 6.07) is 14.5. The van der Waals surface area contributed by atoms with Crippen molar-refractivity contribution >= 4 is 29.4 Å². The second kappa shape index (κ2) is 9.52. The molecule has 1 saturated heterocycles. The van der Waals surface area contributed by atoms with Crippen molar-refractivity contribution < 1.29 is 14.4 Å². The molecule has 164 valence electrons. The largest absolute Gasteiger partial charge is 0.354 e. The number of halogens is 1. The summed E-state index contributed by atoms with van der Waals surface area (Å²) in [4.78, 5) is 39.0. The number of nitrogens with zero attached hydrogens (tertiary/aromatic N) is 1. The predicted molar refractivity (Wildman–Crippen MR) is 121 cm³/mol. The van der Waals surface area contributed by atoms with E-state index in [0.29, 0.717) is 35.9 Å². The number of carbonyl (C=O) groups excluding carboxylic acids is 3. The highest BCUT2D eigenvalue weighted by Gasteiger charge is 2.51. The minimum absolute atomic E-state index is 0.313. The van der Waals surface area contributed by atoms with Crippen molar-refractivity contribution in [3.8, 4) is 0 Å². The van der Waals surface area contributed by atoms with Crippen molar-refractivity contribution in [2.75, 3.05) is 13.1 Å². The van der Waals surface area contributed by atoms with E-state index < -0.39 is 17.5 Å². The number of hydrogen-bond acceptors (Lipinski definition) is 3. The molecular formula is C24H28ClN3O3. The molecule has 1 fully saturated rings. The highest BCUT2D eigenvalue weighted by Crippen LogP contribution is 2.33. The molecule has 31 heavy (non-hydrogen) atoms. The minimum Gasteiger partial charge on any atom is -0.354 e. The van der Waals surface area contributed by atoms with Crippen LogP contribution in [0.3, 0.4) is 0 Å². The van der Waals surface area contributed by atoms with Gasteiger partial charge < -0.3 is 10.6 Å². The summed E-state index contributed by atoms with van der Waals surface area (Å²) in [5.41, 5.74) is 1.85. The molecule has 6 nitrogen and oxygen atoms in total. The minimum atomic E-state index is -1.18. The van der Waals surface area contributed by atoms with Crippen molar-refractivity contribution in [1.82, 2.24) is 15.5 Å². The van der Waals surface area contributed by atoms with Crippen LogP contribution in [0.2, 0.25) is 5.02 Å². The molecule has 7 heteroatoms. The Hall–Kier alpha value is -2.86. The van der Waals surface area contributed by atoms with E-state index in [2.05, 4.69) is 48.7 Å². The standard InChI is InChI=1S/C24H28ClN3O3/c1-4-24(19-9-11-20(25)12-10-19)22(30)28(23(31)27-24)15-21(29)26-14-13-17-5-7-18(8-6-17)16(2)3/h5-12,16H,4,13-15H2,1-3H3,(H,26,29)(H,27,31). The summed E-state index contributed by atoms with van der Waals surface area (Å²) >= 11 is 5.95. The van der Waals surface area contributed by atoms with E-state index in [1.807, 2.05) is 6.92 Å². The predicted octanol–water partition coefficient (Wildman–Crippen LogP) is 3.98. The highest BCUT2D eigenvalue weighted by molar-refractivity contribution is 6.30.